The molecule has 0 aliphatic heterocycles. The molecule has 0 aliphatic carbocycles. The van der Waals surface area contributed by atoms with E-state index in [0.29, 0.717) is 0 Å². The molecule has 4 heteroatoms. The van der Waals surface area contributed by atoms with Crippen LogP contribution < -0.4 is 5.32 Å². The summed E-state index contributed by atoms with van der Waals surface area (Å²) >= 11 is 0. The first kappa shape index (κ1) is 15.7. The summed E-state index contributed by atoms with van der Waals surface area (Å²) in [6.07, 6.45) is 9.07. The molecule has 0 saturated heterocycles. The van der Waals surface area contributed by atoms with Gasteiger partial charge in [0.25, 0.3) is 0 Å². The quantitative estimate of drug-likeness (QED) is 0.810. The van der Waals surface area contributed by atoms with Crippen LogP contribution in [0.25, 0.3) is 0 Å². The summed E-state index contributed by atoms with van der Waals surface area (Å²) in [6.45, 7) is 8.41. The maximum absolute atomic E-state index is 4.64. The predicted molar refractivity (Wildman–Crippen MR) is 86.3 cm³/mol. The first-order chi connectivity index (χ1) is 10.3. The van der Waals surface area contributed by atoms with E-state index in [0.717, 1.165) is 32.4 Å². The van der Waals surface area contributed by atoms with Crippen LogP contribution in [0.3, 0.4) is 0 Å². The van der Waals surface area contributed by atoms with E-state index < -0.39 is 0 Å². The molecule has 114 valence electrons. The summed E-state index contributed by atoms with van der Waals surface area (Å²) < 4.78 is 1.98. The molecule has 1 unspecified atom stereocenters. The highest BCUT2D eigenvalue weighted by Crippen LogP contribution is 2.20. The molecule has 2 aromatic heterocycles. The molecular formula is C17H26N4. The fourth-order valence-electron chi connectivity index (χ4n) is 2.57. The van der Waals surface area contributed by atoms with Crippen molar-refractivity contribution in [1.29, 1.82) is 0 Å². The Morgan fingerprint density at radius 2 is 2.14 bits per heavy atom. The van der Waals surface area contributed by atoms with Crippen LogP contribution in [0.2, 0.25) is 0 Å². The molecule has 0 saturated carbocycles. The van der Waals surface area contributed by atoms with Crippen molar-refractivity contribution in [2.75, 3.05) is 6.54 Å². The van der Waals surface area contributed by atoms with E-state index in [2.05, 4.69) is 48.4 Å². The normalized spacial score (nSPS) is 12.5. The van der Waals surface area contributed by atoms with E-state index in [1.165, 1.54) is 16.8 Å². The van der Waals surface area contributed by atoms with Gasteiger partial charge in [-0.1, -0.05) is 19.9 Å². The molecule has 2 heterocycles. The van der Waals surface area contributed by atoms with Gasteiger partial charge < -0.3 is 5.32 Å². The second kappa shape index (κ2) is 7.93. The van der Waals surface area contributed by atoms with Crippen molar-refractivity contribution in [2.45, 2.75) is 52.6 Å². The Morgan fingerprint density at radius 1 is 1.29 bits per heavy atom. The van der Waals surface area contributed by atoms with Crippen molar-refractivity contribution in [3.8, 4) is 0 Å². The summed E-state index contributed by atoms with van der Waals surface area (Å²) in [4.78, 5) is 4.64. The molecule has 0 aromatic carbocycles. The molecule has 0 aliphatic rings. The van der Waals surface area contributed by atoms with Gasteiger partial charge in [-0.15, -0.1) is 0 Å². The average molecular weight is 286 g/mol. The second-order valence-corrected chi connectivity index (χ2v) is 5.32. The molecule has 2 aromatic rings. The van der Waals surface area contributed by atoms with Crippen molar-refractivity contribution in [3.63, 3.8) is 0 Å². The van der Waals surface area contributed by atoms with Crippen LogP contribution in [-0.2, 0) is 19.4 Å². The SMILES string of the molecule is CCCNC(Cc1cnn(CC)c1)c1ncccc1CC. The monoisotopic (exact) mass is 286 g/mol. The zero-order valence-electron chi connectivity index (χ0n) is 13.3. The van der Waals surface area contributed by atoms with Gasteiger partial charge >= 0.3 is 0 Å². The van der Waals surface area contributed by atoms with Crippen molar-refractivity contribution in [2.24, 2.45) is 0 Å². The molecule has 0 bridgehead atoms. The summed E-state index contributed by atoms with van der Waals surface area (Å²) in [6, 6.07) is 4.46. The van der Waals surface area contributed by atoms with Crippen LogP contribution in [0.1, 0.15) is 50.1 Å². The zero-order valence-corrected chi connectivity index (χ0v) is 13.3. The van der Waals surface area contributed by atoms with E-state index in [1.807, 2.05) is 23.1 Å². The fraction of sp³-hybridized carbons (Fsp3) is 0.529. The standard InChI is InChI=1S/C17H26N4/c1-4-9-18-16(11-14-12-20-21(6-3)13-14)17-15(5-2)8-7-10-19-17/h7-8,10,12-13,16,18H,4-6,9,11H2,1-3H3. The Labute approximate surface area is 127 Å². The molecule has 4 nitrogen and oxygen atoms in total. The highest BCUT2D eigenvalue weighted by atomic mass is 15.3. The number of nitrogens with one attached hydrogen (secondary N) is 1. The number of hydrogen-bond donors (Lipinski definition) is 1. The van der Waals surface area contributed by atoms with Crippen LogP contribution in [0, 0.1) is 0 Å². The van der Waals surface area contributed by atoms with Gasteiger partial charge in [-0.25, -0.2) is 0 Å². The maximum Gasteiger partial charge on any atom is 0.0608 e. The van der Waals surface area contributed by atoms with E-state index >= 15 is 0 Å². The Hall–Kier alpha value is -1.68. The van der Waals surface area contributed by atoms with Gasteiger partial charge in [-0.05, 0) is 49.9 Å². The van der Waals surface area contributed by atoms with Crippen LogP contribution in [-0.4, -0.2) is 21.3 Å². The Morgan fingerprint density at radius 3 is 2.81 bits per heavy atom. The van der Waals surface area contributed by atoms with Gasteiger partial charge in [0.1, 0.15) is 0 Å². The highest BCUT2D eigenvalue weighted by molar-refractivity contribution is 5.24. The van der Waals surface area contributed by atoms with Crippen molar-refractivity contribution < 1.29 is 0 Å². The first-order valence-electron chi connectivity index (χ1n) is 7.96. The summed E-state index contributed by atoms with van der Waals surface area (Å²) in [5.74, 6) is 0. The third-order valence-corrected chi connectivity index (χ3v) is 3.73. The van der Waals surface area contributed by atoms with Crippen LogP contribution >= 0.6 is 0 Å². The molecule has 1 atom stereocenters. The number of rotatable bonds is 8. The number of nitrogens with zero attached hydrogens (tertiary/aromatic N) is 3. The minimum Gasteiger partial charge on any atom is -0.308 e. The Kier molecular flexibility index (Phi) is 5.93. The smallest absolute Gasteiger partial charge is 0.0608 e. The lowest BCUT2D eigenvalue weighted by atomic mass is 10.00. The lowest BCUT2D eigenvalue weighted by Gasteiger charge is -2.20. The number of pyridine rings is 1. The number of aromatic nitrogens is 3. The van der Waals surface area contributed by atoms with E-state index in [4.69, 9.17) is 0 Å². The Balaban J connectivity index is 2.20. The molecule has 0 radical (unpaired) electrons. The molecular weight excluding hydrogens is 260 g/mol. The Bertz CT molecular complexity index is 547. The third kappa shape index (κ3) is 4.14. The highest BCUT2D eigenvalue weighted by Gasteiger charge is 2.16. The van der Waals surface area contributed by atoms with Crippen LogP contribution in [0.15, 0.2) is 30.7 Å². The molecule has 21 heavy (non-hydrogen) atoms. The van der Waals surface area contributed by atoms with Crippen molar-refractivity contribution in [3.05, 3.63) is 47.5 Å². The minimum absolute atomic E-state index is 0.260. The van der Waals surface area contributed by atoms with Gasteiger partial charge in [0, 0.05) is 18.9 Å². The van der Waals surface area contributed by atoms with Gasteiger partial charge in [0.15, 0.2) is 0 Å². The molecule has 1 N–H and O–H groups in total. The molecule has 0 fully saturated rings. The average Bonchev–Trinajstić information content (AvgIpc) is 2.99. The van der Waals surface area contributed by atoms with Crippen molar-refractivity contribution >= 4 is 0 Å². The number of hydrogen-bond acceptors (Lipinski definition) is 3. The minimum atomic E-state index is 0.260. The lowest BCUT2D eigenvalue weighted by molar-refractivity contribution is 0.513. The second-order valence-electron chi connectivity index (χ2n) is 5.32. The summed E-state index contributed by atoms with van der Waals surface area (Å²) in [5, 5.41) is 8.01. The van der Waals surface area contributed by atoms with Crippen LogP contribution in [0.4, 0.5) is 0 Å². The zero-order chi connectivity index (χ0) is 15.1. The summed E-state index contributed by atoms with van der Waals surface area (Å²) in [5.41, 5.74) is 3.77. The maximum atomic E-state index is 4.64. The third-order valence-electron chi connectivity index (χ3n) is 3.73. The predicted octanol–water partition coefficient (Wildman–Crippen LogP) is 3.14. The lowest BCUT2D eigenvalue weighted by Crippen LogP contribution is -2.26. The van der Waals surface area contributed by atoms with Crippen LogP contribution in [0.5, 0.6) is 0 Å². The molecule has 2 rings (SSSR count). The van der Waals surface area contributed by atoms with E-state index in [1.54, 1.807) is 0 Å². The largest absolute Gasteiger partial charge is 0.308 e. The van der Waals surface area contributed by atoms with E-state index in [-0.39, 0.29) is 6.04 Å². The number of aryl methyl sites for hydroxylation is 2. The molecule has 0 spiro atoms. The molecule has 0 amide bonds. The van der Waals surface area contributed by atoms with E-state index in [9.17, 15) is 0 Å². The first-order valence-corrected chi connectivity index (χ1v) is 7.96. The topological polar surface area (TPSA) is 42.7 Å². The van der Waals surface area contributed by atoms with Crippen molar-refractivity contribution in [1.82, 2.24) is 20.1 Å². The van der Waals surface area contributed by atoms with Gasteiger partial charge in [0.05, 0.1) is 17.9 Å². The van der Waals surface area contributed by atoms with Gasteiger partial charge in [-0.3, -0.25) is 9.67 Å². The fourth-order valence-corrected chi connectivity index (χ4v) is 2.57. The van der Waals surface area contributed by atoms with Gasteiger partial charge in [-0.2, -0.15) is 5.10 Å². The summed E-state index contributed by atoms with van der Waals surface area (Å²) in [7, 11) is 0. The van der Waals surface area contributed by atoms with Gasteiger partial charge in [0.2, 0.25) is 0 Å².